The average Bonchev–Trinajstić information content (AvgIpc) is 3.19. The Labute approximate surface area is 202 Å². The molecular weight excluding hydrogens is 446 g/mol. The molecule has 3 unspecified atom stereocenters. The number of piperidine rings is 1. The topological polar surface area (TPSA) is 116 Å². The number of allylic oxidation sites excluding steroid dienone is 2. The Morgan fingerprint density at radius 1 is 1.06 bits per heavy atom. The monoisotopic (exact) mass is 471 g/mol. The maximum absolute atomic E-state index is 13.0. The van der Waals surface area contributed by atoms with E-state index in [-0.39, 0.29) is 66.6 Å². The number of Topliss-reactive ketones (excluding diaryl/α,β-unsaturated/α-hetero) is 1. The van der Waals surface area contributed by atoms with Crippen LogP contribution >= 0.6 is 0 Å². The Bertz CT molecular complexity index is 1300. The van der Waals surface area contributed by atoms with Crippen molar-refractivity contribution in [1.29, 1.82) is 0 Å². The molecule has 178 valence electrons. The number of ketones is 1. The van der Waals surface area contributed by atoms with E-state index < -0.39 is 11.9 Å². The van der Waals surface area contributed by atoms with Gasteiger partial charge in [0.1, 0.15) is 11.8 Å². The molecule has 0 radical (unpaired) electrons. The molecule has 1 saturated heterocycles. The molecule has 2 heterocycles. The number of aliphatic hydroxyl groups excluding tert-OH is 1. The van der Waals surface area contributed by atoms with E-state index in [0.717, 1.165) is 5.56 Å². The lowest BCUT2D eigenvalue weighted by molar-refractivity contribution is -0.137. The number of rotatable bonds is 4. The number of hydrogen-bond acceptors (Lipinski definition) is 6. The molecule has 1 fully saturated rings. The van der Waals surface area contributed by atoms with Gasteiger partial charge >= 0.3 is 0 Å². The maximum atomic E-state index is 13.0. The van der Waals surface area contributed by atoms with Gasteiger partial charge in [-0.15, -0.1) is 0 Å². The quantitative estimate of drug-likeness (QED) is 0.524. The molecule has 3 atom stereocenters. The van der Waals surface area contributed by atoms with Crippen molar-refractivity contribution >= 4 is 35.4 Å². The fourth-order valence-corrected chi connectivity index (χ4v) is 5.13. The van der Waals surface area contributed by atoms with Crippen LogP contribution in [0.5, 0.6) is 0 Å². The second-order valence-electron chi connectivity index (χ2n) is 9.19. The summed E-state index contributed by atoms with van der Waals surface area (Å²) in [5.74, 6) is -1.64. The third-order valence-corrected chi connectivity index (χ3v) is 7.13. The third-order valence-electron chi connectivity index (χ3n) is 7.13. The lowest BCUT2D eigenvalue weighted by Gasteiger charge is -2.29. The van der Waals surface area contributed by atoms with E-state index >= 15 is 0 Å². The van der Waals surface area contributed by atoms with E-state index in [1.165, 1.54) is 11.1 Å². The number of hydrogen-bond donors (Lipinski definition) is 2. The molecule has 2 aliphatic heterocycles. The number of nitrogens with zero attached hydrogens (tertiary/aromatic N) is 2. The Hall–Kier alpha value is -4.07. The highest BCUT2D eigenvalue weighted by molar-refractivity contribution is 6.15. The minimum Gasteiger partial charge on any atom is -0.511 e. The third kappa shape index (κ3) is 4.05. The second-order valence-corrected chi connectivity index (χ2v) is 9.19. The lowest BCUT2D eigenvalue weighted by atomic mass is 9.76. The number of imide groups is 1. The van der Waals surface area contributed by atoms with Gasteiger partial charge in [-0.05, 0) is 24.1 Å². The van der Waals surface area contributed by atoms with Crippen LogP contribution in [0.4, 0.5) is 5.69 Å². The first-order valence-corrected chi connectivity index (χ1v) is 11.7. The zero-order chi connectivity index (χ0) is 24.7. The molecule has 0 spiro atoms. The van der Waals surface area contributed by atoms with Crippen molar-refractivity contribution in [1.82, 2.24) is 10.2 Å². The number of carbonyl (C=O) groups is 4. The molecule has 5 rings (SSSR count). The zero-order valence-corrected chi connectivity index (χ0v) is 19.2. The van der Waals surface area contributed by atoms with Crippen LogP contribution in [0.3, 0.4) is 0 Å². The van der Waals surface area contributed by atoms with Crippen LogP contribution in [0.1, 0.15) is 53.6 Å². The normalized spacial score (nSPS) is 24.8. The molecular formula is C27H25N3O5. The van der Waals surface area contributed by atoms with E-state index in [0.29, 0.717) is 16.8 Å². The van der Waals surface area contributed by atoms with Crippen LogP contribution in [0.25, 0.3) is 0 Å². The first-order chi connectivity index (χ1) is 16.8. The van der Waals surface area contributed by atoms with Crippen molar-refractivity contribution in [2.24, 2.45) is 10.9 Å². The lowest BCUT2D eigenvalue weighted by Crippen LogP contribution is -2.52. The summed E-state index contributed by atoms with van der Waals surface area (Å²) in [6, 6.07) is 14.1. The summed E-state index contributed by atoms with van der Waals surface area (Å²) in [6.45, 7) is 2.07. The molecule has 3 aliphatic rings. The summed E-state index contributed by atoms with van der Waals surface area (Å²) >= 11 is 0. The highest BCUT2D eigenvalue weighted by atomic mass is 16.3. The Balaban J connectivity index is 1.40. The fraction of sp³-hybridized carbons (Fsp3) is 0.296. The molecule has 2 N–H and O–H groups in total. The van der Waals surface area contributed by atoms with Crippen molar-refractivity contribution in [3.05, 3.63) is 76.6 Å². The van der Waals surface area contributed by atoms with Gasteiger partial charge in [0.2, 0.25) is 11.8 Å². The largest absolute Gasteiger partial charge is 0.511 e. The number of benzene rings is 2. The molecule has 35 heavy (non-hydrogen) atoms. The van der Waals surface area contributed by atoms with Crippen molar-refractivity contribution in [3.8, 4) is 0 Å². The van der Waals surface area contributed by atoms with Crippen molar-refractivity contribution in [3.63, 3.8) is 0 Å². The summed E-state index contributed by atoms with van der Waals surface area (Å²) in [5, 5.41) is 13.1. The summed E-state index contributed by atoms with van der Waals surface area (Å²) in [7, 11) is 0. The van der Waals surface area contributed by atoms with Crippen molar-refractivity contribution < 1.29 is 24.3 Å². The SMILES string of the molecule is CC1C(O)=C(C=Nc2cccc3c2CN(C2CCC(=O)NC2=O)C3=O)C(=O)CC1c1ccccc1. The van der Waals surface area contributed by atoms with Crippen LogP contribution < -0.4 is 5.32 Å². The van der Waals surface area contributed by atoms with Gasteiger partial charge in [-0.2, -0.15) is 0 Å². The molecule has 0 aromatic heterocycles. The number of nitrogens with one attached hydrogen (secondary N) is 1. The van der Waals surface area contributed by atoms with E-state index in [1.807, 2.05) is 37.3 Å². The number of aliphatic imine (C=N–C) groups is 1. The molecule has 2 aromatic carbocycles. The Kier molecular flexibility index (Phi) is 5.80. The fourth-order valence-electron chi connectivity index (χ4n) is 5.13. The number of amides is 3. The summed E-state index contributed by atoms with van der Waals surface area (Å²) in [6.07, 6.45) is 2.10. The minimum absolute atomic E-state index is 0.00711. The van der Waals surface area contributed by atoms with Gasteiger partial charge in [-0.3, -0.25) is 29.5 Å². The maximum Gasteiger partial charge on any atom is 0.255 e. The predicted octanol–water partition coefficient (Wildman–Crippen LogP) is 3.35. The summed E-state index contributed by atoms with van der Waals surface area (Å²) in [5.41, 5.74) is 2.76. The Morgan fingerprint density at radius 3 is 2.57 bits per heavy atom. The molecule has 8 nitrogen and oxygen atoms in total. The van der Waals surface area contributed by atoms with Gasteiger partial charge in [0.05, 0.1) is 11.3 Å². The van der Waals surface area contributed by atoms with Gasteiger partial charge in [0, 0.05) is 48.6 Å². The van der Waals surface area contributed by atoms with Crippen LogP contribution in [-0.4, -0.2) is 45.8 Å². The van der Waals surface area contributed by atoms with E-state index in [2.05, 4.69) is 10.3 Å². The molecule has 0 bridgehead atoms. The molecule has 2 aromatic rings. The predicted molar refractivity (Wildman–Crippen MR) is 128 cm³/mol. The van der Waals surface area contributed by atoms with E-state index in [4.69, 9.17) is 0 Å². The van der Waals surface area contributed by atoms with Crippen LogP contribution in [0.15, 0.2) is 64.9 Å². The van der Waals surface area contributed by atoms with Gasteiger partial charge in [0.15, 0.2) is 5.78 Å². The average molecular weight is 472 g/mol. The number of carbonyl (C=O) groups excluding carboxylic acids is 4. The first-order valence-electron chi connectivity index (χ1n) is 11.7. The van der Waals surface area contributed by atoms with Gasteiger partial charge in [0.25, 0.3) is 5.91 Å². The van der Waals surface area contributed by atoms with Crippen LogP contribution in [-0.2, 0) is 20.9 Å². The number of aliphatic hydroxyl groups is 1. The zero-order valence-electron chi connectivity index (χ0n) is 19.2. The van der Waals surface area contributed by atoms with Crippen molar-refractivity contribution in [2.75, 3.05) is 0 Å². The highest BCUT2D eigenvalue weighted by Gasteiger charge is 2.40. The van der Waals surface area contributed by atoms with Crippen molar-refractivity contribution in [2.45, 2.75) is 44.7 Å². The summed E-state index contributed by atoms with van der Waals surface area (Å²) in [4.78, 5) is 55.7. The molecule has 1 aliphatic carbocycles. The van der Waals surface area contributed by atoms with Gasteiger partial charge in [-0.25, -0.2) is 0 Å². The smallest absolute Gasteiger partial charge is 0.255 e. The standard InChI is InChI=1S/C27H25N3O5/c1-15-18(16-6-3-2-4-7-16)12-23(31)19(25(15)33)13-28-21-9-5-8-17-20(21)14-30(27(17)35)22-10-11-24(32)29-26(22)34/h2-9,13,15,18,22,33H,10-12,14H2,1H3,(H,29,32,34). The van der Waals surface area contributed by atoms with E-state index in [1.54, 1.807) is 18.2 Å². The first kappa shape index (κ1) is 22.7. The molecule has 8 heteroatoms. The van der Waals surface area contributed by atoms with Gasteiger partial charge in [-0.1, -0.05) is 43.3 Å². The molecule has 3 amide bonds. The number of fused-ring (bicyclic) bond motifs is 1. The minimum atomic E-state index is -0.716. The van der Waals surface area contributed by atoms with Crippen LogP contribution in [0.2, 0.25) is 0 Å². The summed E-state index contributed by atoms with van der Waals surface area (Å²) < 4.78 is 0. The van der Waals surface area contributed by atoms with Crippen LogP contribution in [0, 0.1) is 5.92 Å². The highest BCUT2D eigenvalue weighted by Crippen LogP contribution is 2.39. The van der Waals surface area contributed by atoms with Gasteiger partial charge < -0.3 is 10.0 Å². The second kappa shape index (κ2) is 8.94. The molecule has 0 saturated carbocycles. The Morgan fingerprint density at radius 2 is 1.83 bits per heavy atom. The van der Waals surface area contributed by atoms with E-state index in [9.17, 15) is 24.3 Å².